The van der Waals surface area contributed by atoms with E-state index < -0.39 is 41.5 Å². The zero-order valence-electron chi connectivity index (χ0n) is 16.0. The summed E-state index contributed by atoms with van der Waals surface area (Å²) in [7, 11) is 0. The Morgan fingerprint density at radius 1 is 1.39 bits per heavy atom. The van der Waals surface area contributed by atoms with Gasteiger partial charge in [0.1, 0.15) is 17.6 Å². The number of hydrogen-bond donors (Lipinski definition) is 3. The number of rotatable bonds is 6. The fourth-order valence-corrected chi connectivity index (χ4v) is 2.84. The summed E-state index contributed by atoms with van der Waals surface area (Å²) in [5.74, 6) is -1.81. The highest BCUT2D eigenvalue weighted by molar-refractivity contribution is 6.03. The summed E-state index contributed by atoms with van der Waals surface area (Å²) in [5.41, 5.74) is 3.38. The Morgan fingerprint density at radius 2 is 2.06 bits per heavy atom. The van der Waals surface area contributed by atoms with Gasteiger partial charge in [-0.2, -0.15) is 18.4 Å². The highest BCUT2D eigenvalue weighted by atomic mass is 19.4. The van der Waals surface area contributed by atoms with Crippen molar-refractivity contribution in [3.05, 3.63) is 71.1 Å². The second kappa shape index (κ2) is 9.20. The number of pyridine rings is 1. The maximum Gasteiger partial charge on any atom is 0.414 e. The van der Waals surface area contributed by atoms with Crippen molar-refractivity contribution in [2.75, 3.05) is 5.32 Å². The number of hydrogen-bond acceptors (Lipinski definition) is 5. The summed E-state index contributed by atoms with van der Waals surface area (Å²) in [6, 6.07) is 6.18. The van der Waals surface area contributed by atoms with Crippen molar-refractivity contribution >= 4 is 11.6 Å². The number of aromatic nitrogens is 1. The van der Waals surface area contributed by atoms with Gasteiger partial charge in [0.15, 0.2) is 6.10 Å². The quantitative estimate of drug-likeness (QED) is 0.595. The molecule has 2 rings (SSSR count). The highest BCUT2D eigenvalue weighted by Crippen LogP contribution is 2.34. The number of aryl methyl sites for hydroxylation is 1. The van der Waals surface area contributed by atoms with E-state index in [1.165, 1.54) is 19.2 Å². The van der Waals surface area contributed by atoms with Gasteiger partial charge in [-0.15, -0.1) is 0 Å². The van der Waals surface area contributed by atoms with Crippen LogP contribution in [0.15, 0.2) is 42.9 Å². The third kappa shape index (κ3) is 5.62. The molecule has 4 N–H and O–H groups in total. The van der Waals surface area contributed by atoms with Gasteiger partial charge in [-0.05, 0) is 42.8 Å². The molecular formula is C20H17F5N4O2. The minimum atomic E-state index is -5.06. The first kappa shape index (κ1) is 23.9. The molecule has 0 bridgehead atoms. The molecule has 2 atom stereocenters. The molecule has 0 saturated carbocycles. The molecule has 0 radical (unpaired) electrons. The fraction of sp³-hybridized carbons (Fsp3) is 0.250. The van der Waals surface area contributed by atoms with Crippen LogP contribution in [-0.4, -0.2) is 28.3 Å². The maximum absolute atomic E-state index is 14.4. The van der Waals surface area contributed by atoms with Crippen LogP contribution in [0.2, 0.25) is 0 Å². The zero-order valence-corrected chi connectivity index (χ0v) is 16.0. The Bertz CT molecular complexity index is 1050. The van der Waals surface area contributed by atoms with Crippen LogP contribution in [0, 0.1) is 24.1 Å². The topological polar surface area (TPSA) is 112 Å². The number of nitrogens with two attached hydrogens (primary N) is 1. The molecule has 1 aromatic heterocycles. The molecule has 0 aliphatic heterocycles. The first-order chi connectivity index (χ1) is 14.4. The molecule has 0 fully saturated rings. The lowest BCUT2D eigenvalue weighted by Gasteiger charge is -2.30. The van der Waals surface area contributed by atoms with E-state index in [1.54, 1.807) is 0 Å². The lowest BCUT2D eigenvalue weighted by atomic mass is 9.84. The van der Waals surface area contributed by atoms with Crippen LogP contribution in [0.4, 0.5) is 27.6 Å². The normalized spacial score (nSPS) is 14.7. The molecule has 164 valence electrons. The zero-order chi connectivity index (χ0) is 23.4. The fourth-order valence-electron chi connectivity index (χ4n) is 2.84. The first-order valence-electron chi connectivity index (χ1n) is 8.71. The molecule has 31 heavy (non-hydrogen) atoms. The van der Waals surface area contributed by atoms with Gasteiger partial charge in [0.2, 0.25) is 0 Å². The maximum atomic E-state index is 14.4. The summed E-state index contributed by atoms with van der Waals surface area (Å²) in [4.78, 5) is 16.3. The van der Waals surface area contributed by atoms with Gasteiger partial charge in [-0.1, -0.05) is 0 Å². The van der Waals surface area contributed by atoms with Crippen LogP contribution < -0.4 is 11.1 Å². The van der Waals surface area contributed by atoms with E-state index in [-0.39, 0.29) is 23.3 Å². The summed E-state index contributed by atoms with van der Waals surface area (Å²) >= 11 is 0. The number of amides is 1. The molecule has 0 aliphatic rings. The summed E-state index contributed by atoms with van der Waals surface area (Å²) in [6.45, 7) is 1.54. The van der Waals surface area contributed by atoms with E-state index in [2.05, 4.69) is 10.3 Å². The Morgan fingerprint density at radius 3 is 2.61 bits per heavy atom. The number of carbonyl (C=O) groups excluding carboxylic acids is 1. The highest BCUT2D eigenvalue weighted by Gasteiger charge is 2.43. The number of aliphatic hydroxyl groups excluding tert-OH is 1. The van der Waals surface area contributed by atoms with Crippen molar-refractivity contribution < 1.29 is 31.9 Å². The Kier molecular flexibility index (Phi) is 7.09. The molecule has 0 saturated heterocycles. The van der Waals surface area contributed by atoms with Crippen LogP contribution in [0.3, 0.4) is 0 Å². The van der Waals surface area contributed by atoms with E-state index in [1.807, 2.05) is 6.07 Å². The van der Waals surface area contributed by atoms with Crippen molar-refractivity contribution in [2.24, 2.45) is 5.73 Å². The number of nitrogens with one attached hydrogen (secondary N) is 1. The number of anilines is 1. The average molecular weight is 440 g/mol. The lowest BCUT2D eigenvalue weighted by Crippen LogP contribution is -2.43. The second-order valence-corrected chi connectivity index (χ2v) is 6.74. The average Bonchev–Trinajstić information content (AvgIpc) is 2.68. The third-order valence-electron chi connectivity index (χ3n) is 4.42. The number of benzene rings is 1. The van der Waals surface area contributed by atoms with Crippen molar-refractivity contribution in [3.8, 4) is 6.07 Å². The van der Waals surface area contributed by atoms with Crippen LogP contribution in [0.1, 0.15) is 33.6 Å². The minimum absolute atomic E-state index is 0.0416. The van der Waals surface area contributed by atoms with Gasteiger partial charge in [0.05, 0.1) is 17.4 Å². The largest absolute Gasteiger partial charge is 0.414 e. The van der Waals surface area contributed by atoms with Gasteiger partial charge in [-0.3, -0.25) is 4.79 Å². The van der Waals surface area contributed by atoms with Gasteiger partial charge < -0.3 is 16.2 Å². The number of nitrogens with zero attached hydrogens (tertiary/aromatic N) is 2. The van der Waals surface area contributed by atoms with E-state index in [0.29, 0.717) is 11.6 Å². The van der Waals surface area contributed by atoms with Gasteiger partial charge in [-0.25, -0.2) is 13.8 Å². The van der Waals surface area contributed by atoms with Crippen LogP contribution in [0.25, 0.3) is 0 Å². The summed E-state index contributed by atoms with van der Waals surface area (Å²) < 4.78 is 65.5. The Hall–Kier alpha value is -3.36. The number of nitriles is 1. The molecule has 6 nitrogen and oxygen atoms in total. The van der Waals surface area contributed by atoms with Crippen molar-refractivity contribution in [1.82, 2.24) is 4.98 Å². The molecule has 11 heteroatoms. The molecular weight excluding hydrogens is 423 g/mol. The van der Waals surface area contributed by atoms with Gasteiger partial charge >= 0.3 is 6.18 Å². The molecule has 2 aromatic rings. The summed E-state index contributed by atoms with van der Waals surface area (Å²) in [6.07, 6.45) is -7.77. The standard InChI is InChI=1S/C20H17F5N4O2/c1-11-6-12(9-26)10-28-17(11)18(31)29-13-2-3-15(22)14(7-13)19(27,4-5-21)8-16(30)20(23,24)25/h2-7,10,16,30H,8,27H2,1H3,(H,29,31). The van der Waals surface area contributed by atoms with Crippen LogP contribution in [-0.2, 0) is 5.54 Å². The third-order valence-corrected chi connectivity index (χ3v) is 4.42. The predicted octanol–water partition coefficient (Wildman–Crippen LogP) is 3.60. The number of halogens is 5. The Labute approximate surface area is 173 Å². The molecule has 0 aliphatic carbocycles. The van der Waals surface area contributed by atoms with Crippen LogP contribution in [0.5, 0.6) is 0 Å². The monoisotopic (exact) mass is 440 g/mol. The van der Waals surface area contributed by atoms with E-state index >= 15 is 0 Å². The molecule has 0 spiro atoms. The van der Waals surface area contributed by atoms with Crippen LogP contribution >= 0.6 is 0 Å². The van der Waals surface area contributed by atoms with Crippen molar-refractivity contribution in [1.29, 1.82) is 5.26 Å². The van der Waals surface area contributed by atoms with E-state index in [9.17, 15) is 31.9 Å². The first-order valence-corrected chi connectivity index (χ1v) is 8.71. The minimum Gasteiger partial charge on any atom is -0.384 e. The predicted molar refractivity (Wildman–Crippen MR) is 101 cm³/mol. The Balaban J connectivity index is 2.39. The van der Waals surface area contributed by atoms with Crippen molar-refractivity contribution in [2.45, 2.75) is 31.2 Å². The number of alkyl halides is 3. The SMILES string of the molecule is Cc1cc(C#N)cnc1C(=O)Nc1ccc(F)c(C(N)(C=CF)CC(O)C(F)(F)F)c1. The van der Waals surface area contributed by atoms with Crippen molar-refractivity contribution in [3.63, 3.8) is 0 Å². The van der Waals surface area contributed by atoms with E-state index in [0.717, 1.165) is 18.2 Å². The summed E-state index contributed by atoms with van der Waals surface area (Å²) in [5, 5.41) is 20.6. The number of carbonyl (C=O) groups is 1. The number of aliphatic hydroxyl groups is 1. The van der Waals surface area contributed by atoms with Gasteiger partial charge in [0, 0.05) is 23.9 Å². The molecule has 1 heterocycles. The van der Waals surface area contributed by atoms with Gasteiger partial charge in [0.25, 0.3) is 5.91 Å². The molecule has 2 unspecified atom stereocenters. The second-order valence-electron chi connectivity index (χ2n) is 6.74. The molecule has 1 aromatic carbocycles. The smallest absolute Gasteiger partial charge is 0.384 e. The van der Waals surface area contributed by atoms with E-state index in [4.69, 9.17) is 11.0 Å². The molecule has 1 amide bonds. The lowest BCUT2D eigenvalue weighted by molar-refractivity contribution is -0.208.